The van der Waals surface area contributed by atoms with Crippen LogP contribution in [0.1, 0.15) is 55.6 Å². The zero-order chi connectivity index (χ0) is 15.6. The van der Waals surface area contributed by atoms with Crippen molar-refractivity contribution in [2.45, 2.75) is 50.9 Å². The number of morpholine rings is 1. The summed E-state index contributed by atoms with van der Waals surface area (Å²) in [4.78, 5) is 2.35. The lowest BCUT2D eigenvalue weighted by Crippen LogP contribution is -2.42. The van der Waals surface area contributed by atoms with Gasteiger partial charge in [0.15, 0.2) is 0 Å². The number of aromatic nitrogens is 2. The summed E-state index contributed by atoms with van der Waals surface area (Å²) in [5.74, 6) is 2.05. The fourth-order valence-corrected chi connectivity index (χ4v) is 3.36. The molecule has 2 unspecified atom stereocenters. The molecule has 5 heteroatoms. The van der Waals surface area contributed by atoms with Crippen molar-refractivity contribution in [3.63, 3.8) is 0 Å². The van der Waals surface area contributed by atoms with Gasteiger partial charge in [0.05, 0.1) is 18.8 Å². The molecular weight excluding hydrogens is 290 g/mol. The zero-order valence-electron chi connectivity index (χ0n) is 13.5. The third kappa shape index (κ3) is 3.31. The van der Waals surface area contributed by atoms with Crippen LogP contribution in [0, 0.1) is 0 Å². The summed E-state index contributed by atoms with van der Waals surface area (Å²) in [6, 6.07) is 10.4. The molecule has 0 N–H and O–H groups in total. The van der Waals surface area contributed by atoms with Crippen LogP contribution < -0.4 is 0 Å². The Morgan fingerprint density at radius 3 is 2.70 bits per heavy atom. The number of ether oxygens (including phenoxy) is 1. The Hall–Kier alpha value is -1.72. The normalized spacial score (nSPS) is 26.1. The summed E-state index contributed by atoms with van der Waals surface area (Å²) >= 11 is 0. The number of hydrogen-bond donors (Lipinski definition) is 0. The molecule has 1 saturated carbocycles. The molecule has 1 aromatic carbocycles. The third-order valence-corrected chi connectivity index (χ3v) is 4.80. The van der Waals surface area contributed by atoms with Crippen molar-refractivity contribution in [2.24, 2.45) is 0 Å². The molecule has 23 heavy (non-hydrogen) atoms. The number of benzene rings is 1. The summed E-state index contributed by atoms with van der Waals surface area (Å²) in [6.45, 7) is 4.58. The maximum atomic E-state index is 6.10. The Morgan fingerprint density at radius 1 is 1.13 bits per heavy atom. The van der Waals surface area contributed by atoms with Gasteiger partial charge >= 0.3 is 0 Å². The molecule has 1 aliphatic heterocycles. The third-order valence-electron chi connectivity index (χ3n) is 4.80. The molecule has 2 aliphatic rings. The standard InChI is InChI=1S/C18H23N3O2/c1-13-10-21(11-16(22-13)14-6-3-2-4-7-14)12-17-19-20-18(23-17)15-8-5-9-15/h2-4,6-7,13,15-16H,5,8-12H2,1H3. The van der Waals surface area contributed by atoms with E-state index in [4.69, 9.17) is 9.15 Å². The van der Waals surface area contributed by atoms with Crippen LogP contribution in [0.3, 0.4) is 0 Å². The molecule has 1 aromatic heterocycles. The molecule has 122 valence electrons. The van der Waals surface area contributed by atoms with Crippen molar-refractivity contribution in [1.29, 1.82) is 0 Å². The lowest BCUT2D eigenvalue weighted by atomic mass is 9.85. The molecular formula is C18H23N3O2. The van der Waals surface area contributed by atoms with E-state index < -0.39 is 0 Å². The highest BCUT2D eigenvalue weighted by molar-refractivity contribution is 5.18. The van der Waals surface area contributed by atoms with Gasteiger partial charge in [0, 0.05) is 19.0 Å². The molecule has 4 rings (SSSR count). The molecule has 1 aliphatic carbocycles. The fraction of sp³-hybridized carbons (Fsp3) is 0.556. The Kier molecular flexibility index (Phi) is 4.14. The minimum atomic E-state index is 0.106. The largest absolute Gasteiger partial charge is 0.424 e. The Labute approximate surface area is 136 Å². The molecule has 2 atom stereocenters. The van der Waals surface area contributed by atoms with Gasteiger partial charge in [-0.2, -0.15) is 0 Å². The molecule has 2 heterocycles. The van der Waals surface area contributed by atoms with Gasteiger partial charge in [0.25, 0.3) is 0 Å². The minimum Gasteiger partial charge on any atom is -0.424 e. The summed E-state index contributed by atoms with van der Waals surface area (Å²) in [7, 11) is 0. The smallest absolute Gasteiger partial charge is 0.230 e. The predicted octanol–water partition coefficient (Wildman–Crippen LogP) is 3.30. The monoisotopic (exact) mass is 313 g/mol. The second-order valence-electron chi connectivity index (χ2n) is 6.70. The van der Waals surface area contributed by atoms with Crippen LogP contribution in [0.2, 0.25) is 0 Å². The van der Waals surface area contributed by atoms with Crippen molar-refractivity contribution in [3.8, 4) is 0 Å². The van der Waals surface area contributed by atoms with Gasteiger partial charge in [0.2, 0.25) is 11.8 Å². The zero-order valence-corrected chi connectivity index (χ0v) is 13.5. The lowest BCUT2D eigenvalue weighted by molar-refractivity contribution is -0.0831. The quantitative estimate of drug-likeness (QED) is 0.867. The van der Waals surface area contributed by atoms with E-state index >= 15 is 0 Å². The summed E-state index contributed by atoms with van der Waals surface area (Å²) in [6.07, 6.45) is 3.96. The van der Waals surface area contributed by atoms with E-state index in [1.165, 1.54) is 24.8 Å². The van der Waals surface area contributed by atoms with Gasteiger partial charge in [-0.1, -0.05) is 36.8 Å². The van der Waals surface area contributed by atoms with Crippen molar-refractivity contribution in [3.05, 3.63) is 47.7 Å². The molecule has 0 radical (unpaired) electrons. The van der Waals surface area contributed by atoms with Crippen molar-refractivity contribution < 1.29 is 9.15 Å². The maximum Gasteiger partial charge on any atom is 0.230 e. The van der Waals surface area contributed by atoms with Gasteiger partial charge in [0.1, 0.15) is 0 Å². The average Bonchev–Trinajstić information content (AvgIpc) is 2.93. The van der Waals surface area contributed by atoms with E-state index in [0.29, 0.717) is 12.5 Å². The fourth-order valence-electron chi connectivity index (χ4n) is 3.36. The van der Waals surface area contributed by atoms with E-state index in [0.717, 1.165) is 24.9 Å². The van der Waals surface area contributed by atoms with Gasteiger partial charge in [-0.15, -0.1) is 10.2 Å². The first kappa shape index (κ1) is 14.8. The maximum absolute atomic E-state index is 6.10. The first-order valence-electron chi connectivity index (χ1n) is 8.53. The molecule has 0 bridgehead atoms. The molecule has 0 spiro atoms. The highest BCUT2D eigenvalue weighted by Crippen LogP contribution is 2.35. The number of nitrogens with zero attached hydrogens (tertiary/aromatic N) is 3. The van der Waals surface area contributed by atoms with Crippen LogP contribution >= 0.6 is 0 Å². The molecule has 2 aromatic rings. The number of rotatable bonds is 4. The van der Waals surface area contributed by atoms with Gasteiger partial charge in [-0.05, 0) is 25.3 Å². The van der Waals surface area contributed by atoms with Crippen LogP contribution in [-0.2, 0) is 11.3 Å². The first-order chi connectivity index (χ1) is 11.3. The summed E-state index contributed by atoms with van der Waals surface area (Å²) in [5, 5.41) is 8.46. The molecule has 5 nitrogen and oxygen atoms in total. The Morgan fingerprint density at radius 2 is 1.96 bits per heavy atom. The van der Waals surface area contributed by atoms with Crippen LogP contribution in [0.4, 0.5) is 0 Å². The van der Waals surface area contributed by atoms with Gasteiger partial charge < -0.3 is 9.15 Å². The van der Waals surface area contributed by atoms with E-state index in [2.05, 4.69) is 46.3 Å². The highest BCUT2D eigenvalue weighted by atomic mass is 16.5. The topological polar surface area (TPSA) is 51.4 Å². The lowest BCUT2D eigenvalue weighted by Gasteiger charge is -2.36. The summed E-state index contributed by atoms with van der Waals surface area (Å²) in [5.41, 5.74) is 1.23. The highest BCUT2D eigenvalue weighted by Gasteiger charge is 2.29. The van der Waals surface area contributed by atoms with Crippen molar-refractivity contribution >= 4 is 0 Å². The van der Waals surface area contributed by atoms with Crippen LogP contribution in [0.15, 0.2) is 34.7 Å². The first-order valence-corrected chi connectivity index (χ1v) is 8.53. The molecule has 0 amide bonds. The van der Waals surface area contributed by atoms with Crippen LogP contribution in [0.25, 0.3) is 0 Å². The Balaban J connectivity index is 1.42. The van der Waals surface area contributed by atoms with E-state index in [9.17, 15) is 0 Å². The second-order valence-corrected chi connectivity index (χ2v) is 6.70. The predicted molar refractivity (Wildman–Crippen MR) is 85.9 cm³/mol. The van der Waals surface area contributed by atoms with Crippen LogP contribution in [-0.4, -0.2) is 34.3 Å². The van der Waals surface area contributed by atoms with E-state index in [-0.39, 0.29) is 12.2 Å². The van der Waals surface area contributed by atoms with E-state index in [1.807, 2.05) is 6.07 Å². The number of hydrogen-bond acceptors (Lipinski definition) is 5. The summed E-state index contributed by atoms with van der Waals surface area (Å²) < 4.78 is 12.0. The van der Waals surface area contributed by atoms with Crippen LogP contribution in [0.5, 0.6) is 0 Å². The second kappa shape index (κ2) is 6.42. The average molecular weight is 313 g/mol. The van der Waals surface area contributed by atoms with Crippen molar-refractivity contribution in [1.82, 2.24) is 15.1 Å². The van der Waals surface area contributed by atoms with Gasteiger partial charge in [-0.25, -0.2) is 0 Å². The molecule has 1 saturated heterocycles. The minimum absolute atomic E-state index is 0.106. The van der Waals surface area contributed by atoms with E-state index in [1.54, 1.807) is 0 Å². The SMILES string of the molecule is CC1CN(Cc2nnc(C3CCC3)o2)CC(c2ccccc2)O1. The Bertz CT molecular complexity index is 639. The molecule has 2 fully saturated rings. The van der Waals surface area contributed by atoms with Crippen molar-refractivity contribution in [2.75, 3.05) is 13.1 Å². The van der Waals surface area contributed by atoms with Gasteiger partial charge in [-0.3, -0.25) is 4.90 Å².